The maximum absolute atomic E-state index is 11.4. The first-order valence-electron chi connectivity index (χ1n) is 5.15. The summed E-state index contributed by atoms with van der Waals surface area (Å²) < 4.78 is 5.40. The summed E-state index contributed by atoms with van der Waals surface area (Å²) >= 11 is 0. The van der Waals surface area contributed by atoms with Crippen LogP contribution in [0.25, 0.3) is 0 Å². The van der Waals surface area contributed by atoms with Gasteiger partial charge in [0.2, 0.25) is 5.91 Å². The van der Waals surface area contributed by atoms with E-state index in [4.69, 9.17) is 10.5 Å². The minimum Gasteiger partial charge on any atom is -0.376 e. The Morgan fingerprint density at radius 1 is 1.71 bits per heavy atom. The summed E-state index contributed by atoms with van der Waals surface area (Å²) in [5.74, 6) is 0.196. The lowest BCUT2D eigenvalue weighted by Crippen LogP contribution is -2.60. The molecule has 2 unspecified atom stereocenters. The molecule has 0 aromatic carbocycles. The van der Waals surface area contributed by atoms with E-state index < -0.39 is 5.54 Å². The molecule has 82 valence electrons. The number of amides is 1. The highest BCUT2D eigenvalue weighted by Crippen LogP contribution is 2.25. The quantitative estimate of drug-likeness (QED) is 0.684. The zero-order valence-electron chi connectivity index (χ0n) is 9.17. The van der Waals surface area contributed by atoms with E-state index >= 15 is 0 Å². The van der Waals surface area contributed by atoms with Gasteiger partial charge in [-0.05, 0) is 19.4 Å². The molecule has 0 aliphatic carbocycles. The smallest absolute Gasteiger partial charge is 0.240 e. The fourth-order valence-electron chi connectivity index (χ4n) is 1.77. The summed E-state index contributed by atoms with van der Waals surface area (Å²) in [4.78, 5) is 11.4. The largest absolute Gasteiger partial charge is 0.376 e. The van der Waals surface area contributed by atoms with Crippen LogP contribution < -0.4 is 11.1 Å². The number of hydrogen-bond donors (Lipinski definition) is 2. The highest BCUT2D eigenvalue weighted by molar-refractivity contribution is 5.85. The molecule has 0 spiro atoms. The highest BCUT2D eigenvalue weighted by Gasteiger charge is 2.46. The normalized spacial score (nSPS) is 32.4. The first-order valence-corrected chi connectivity index (χ1v) is 5.15. The van der Waals surface area contributed by atoms with E-state index in [2.05, 4.69) is 19.2 Å². The van der Waals surface area contributed by atoms with Crippen LogP contribution in [-0.2, 0) is 9.53 Å². The van der Waals surface area contributed by atoms with Crippen molar-refractivity contribution in [2.75, 3.05) is 13.2 Å². The summed E-state index contributed by atoms with van der Waals surface area (Å²) in [7, 11) is 0. The number of primary amides is 1. The zero-order valence-corrected chi connectivity index (χ0v) is 9.17. The van der Waals surface area contributed by atoms with Gasteiger partial charge in [-0.15, -0.1) is 0 Å². The van der Waals surface area contributed by atoms with Crippen molar-refractivity contribution < 1.29 is 9.53 Å². The molecule has 4 nitrogen and oxygen atoms in total. The van der Waals surface area contributed by atoms with Crippen molar-refractivity contribution in [1.29, 1.82) is 0 Å². The minimum atomic E-state index is -0.649. The predicted octanol–water partition coefficient (Wildman–Crippen LogP) is 0.265. The molecule has 1 fully saturated rings. The molecule has 3 N–H and O–H groups in total. The Hall–Kier alpha value is -0.610. The molecule has 0 aromatic heterocycles. The Balaban J connectivity index is 2.67. The number of hydrogen-bond acceptors (Lipinski definition) is 3. The van der Waals surface area contributed by atoms with Gasteiger partial charge >= 0.3 is 0 Å². The van der Waals surface area contributed by atoms with Crippen LogP contribution in [0.4, 0.5) is 0 Å². The molecule has 1 heterocycles. The van der Waals surface area contributed by atoms with Crippen molar-refractivity contribution in [2.45, 2.75) is 38.8 Å². The van der Waals surface area contributed by atoms with Crippen LogP contribution in [-0.4, -0.2) is 30.7 Å². The topological polar surface area (TPSA) is 64.3 Å². The number of carbonyl (C=O) groups is 1. The summed E-state index contributed by atoms with van der Waals surface area (Å²) in [6.07, 6.45) is 0.551. The van der Waals surface area contributed by atoms with Gasteiger partial charge in [-0.1, -0.05) is 13.8 Å². The SMILES string of the molecule is CC(C)CNC1(C(N)=O)CCOC1C. The van der Waals surface area contributed by atoms with E-state index in [-0.39, 0.29) is 12.0 Å². The molecule has 0 bridgehead atoms. The average Bonchev–Trinajstić information content (AvgIpc) is 2.44. The summed E-state index contributed by atoms with van der Waals surface area (Å²) in [5.41, 5.74) is 4.78. The van der Waals surface area contributed by atoms with Crippen LogP contribution in [0.1, 0.15) is 27.2 Å². The van der Waals surface area contributed by atoms with Gasteiger partial charge in [-0.2, -0.15) is 0 Å². The van der Waals surface area contributed by atoms with Gasteiger partial charge in [-0.3, -0.25) is 4.79 Å². The third kappa shape index (κ3) is 2.07. The van der Waals surface area contributed by atoms with E-state index in [0.29, 0.717) is 18.9 Å². The standard InChI is InChI=1S/C10H20N2O2/c1-7(2)6-12-10(9(11)13)4-5-14-8(10)3/h7-8,12H,4-6H2,1-3H3,(H2,11,13). The molecule has 14 heavy (non-hydrogen) atoms. The first-order chi connectivity index (χ1) is 6.49. The second-order valence-corrected chi connectivity index (χ2v) is 4.37. The van der Waals surface area contributed by atoms with E-state index in [0.717, 1.165) is 6.54 Å². The van der Waals surface area contributed by atoms with Crippen molar-refractivity contribution in [2.24, 2.45) is 11.7 Å². The molecular weight excluding hydrogens is 180 g/mol. The van der Waals surface area contributed by atoms with Gasteiger partial charge in [0.05, 0.1) is 6.10 Å². The van der Waals surface area contributed by atoms with Crippen LogP contribution >= 0.6 is 0 Å². The van der Waals surface area contributed by atoms with Gasteiger partial charge in [0.1, 0.15) is 5.54 Å². The molecule has 0 radical (unpaired) electrons. The molecule has 4 heteroatoms. The predicted molar refractivity (Wildman–Crippen MR) is 54.8 cm³/mol. The molecule has 1 rings (SSSR count). The second-order valence-electron chi connectivity index (χ2n) is 4.37. The summed E-state index contributed by atoms with van der Waals surface area (Å²) in [6.45, 7) is 7.49. The maximum Gasteiger partial charge on any atom is 0.240 e. The van der Waals surface area contributed by atoms with Crippen LogP contribution in [0.3, 0.4) is 0 Å². The van der Waals surface area contributed by atoms with Gasteiger partial charge in [0.15, 0.2) is 0 Å². The van der Waals surface area contributed by atoms with E-state index in [1.54, 1.807) is 0 Å². The van der Waals surface area contributed by atoms with Gasteiger partial charge in [0, 0.05) is 13.0 Å². The molecule has 1 amide bonds. The van der Waals surface area contributed by atoms with Crippen LogP contribution in [0.5, 0.6) is 0 Å². The number of rotatable bonds is 4. The van der Waals surface area contributed by atoms with Gasteiger partial charge in [-0.25, -0.2) is 0 Å². The van der Waals surface area contributed by atoms with Crippen molar-refractivity contribution in [1.82, 2.24) is 5.32 Å². The van der Waals surface area contributed by atoms with Crippen LogP contribution in [0.2, 0.25) is 0 Å². The van der Waals surface area contributed by atoms with Gasteiger partial charge in [0.25, 0.3) is 0 Å². The first kappa shape index (κ1) is 11.5. The third-order valence-electron chi connectivity index (χ3n) is 2.82. The van der Waals surface area contributed by atoms with Crippen molar-refractivity contribution in [3.8, 4) is 0 Å². The number of nitrogens with two attached hydrogens (primary N) is 1. The molecule has 1 aliphatic rings. The molecule has 2 atom stereocenters. The lowest BCUT2D eigenvalue weighted by Gasteiger charge is -2.30. The molecular formula is C10H20N2O2. The Morgan fingerprint density at radius 2 is 2.36 bits per heavy atom. The Labute approximate surface area is 85.2 Å². The van der Waals surface area contributed by atoms with E-state index in [1.807, 2.05) is 6.92 Å². The number of carbonyl (C=O) groups excluding carboxylic acids is 1. The minimum absolute atomic E-state index is 0.126. The van der Waals surface area contributed by atoms with Gasteiger partial charge < -0.3 is 15.8 Å². The number of ether oxygens (including phenoxy) is 1. The van der Waals surface area contributed by atoms with Crippen LogP contribution in [0, 0.1) is 5.92 Å². The molecule has 1 saturated heterocycles. The average molecular weight is 200 g/mol. The summed E-state index contributed by atoms with van der Waals surface area (Å²) in [6, 6.07) is 0. The molecule has 0 saturated carbocycles. The lowest BCUT2D eigenvalue weighted by molar-refractivity contribution is -0.126. The monoisotopic (exact) mass is 200 g/mol. The Bertz CT molecular complexity index is 218. The van der Waals surface area contributed by atoms with Crippen LogP contribution in [0.15, 0.2) is 0 Å². The van der Waals surface area contributed by atoms with E-state index in [1.165, 1.54) is 0 Å². The van der Waals surface area contributed by atoms with Crippen molar-refractivity contribution in [3.05, 3.63) is 0 Å². The van der Waals surface area contributed by atoms with E-state index in [9.17, 15) is 4.79 Å². The Morgan fingerprint density at radius 3 is 2.71 bits per heavy atom. The fourth-order valence-corrected chi connectivity index (χ4v) is 1.77. The zero-order chi connectivity index (χ0) is 10.8. The second kappa shape index (κ2) is 4.28. The fraction of sp³-hybridized carbons (Fsp3) is 0.900. The highest BCUT2D eigenvalue weighted by atomic mass is 16.5. The third-order valence-corrected chi connectivity index (χ3v) is 2.82. The van der Waals surface area contributed by atoms with Crippen molar-refractivity contribution in [3.63, 3.8) is 0 Å². The molecule has 1 aliphatic heterocycles. The lowest BCUT2D eigenvalue weighted by atomic mass is 9.90. The Kier molecular flexibility index (Phi) is 3.50. The number of nitrogens with one attached hydrogen (secondary N) is 1. The molecule has 0 aromatic rings. The maximum atomic E-state index is 11.4. The van der Waals surface area contributed by atoms with Crippen molar-refractivity contribution >= 4 is 5.91 Å². The summed E-state index contributed by atoms with van der Waals surface area (Å²) in [5, 5.41) is 3.24.